The Labute approximate surface area is 143 Å². The number of piperidine rings is 1. The van der Waals surface area contributed by atoms with Crippen LogP contribution in [0, 0.1) is 19.8 Å². The van der Waals surface area contributed by atoms with Gasteiger partial charge >= 0.3 is 0 Å². The van der Waals surface area contributed by atoms with Gasteiger partial charge in [0.05, 0.1) is 24.2 Å². The lowest BCUT2D eigenvalue weighted by Gasteiger charge is -2.37. The van der Waals surface area contributed by atoms with Gasteiger partial charge in [0, 0.05) is 31.7 Å². The highest BCUT2D eigenvalue weighted by molar-refractivity contribution is 5.89. The van der Waals surface area contributed by atoms with Gasteiger partial charge in [-0.25, -0.2) is 0 Å². The number of amides is 2. The quantitative estimate of drug-likeness (QED) is 0.844. The molecular weight excluding hydrogens is 304 g/mol. The van der Waals surface area contributed by atoms with Crippen molar-refractivity contribution in [3.63, 3.8) is 0 Å². The molecule has 0 saturated carbocycles. The van der Waals surface area contributed by atoms with E-state index in [0.717, 1.165) is 43.7 Å². The van der Waals surface area contributed by atoms with Gasteiger partial charge < -0.3 is 9.80 Å². The molecule has 132 valence electrons. The van der Waals surface area contributed by atoms with Crippen LogP contribution in [0.4, 0.5) is 0 Å². The number of nitrogens with zero attached hydrogens (tertiary/aromatic N) is 4. The molecule has 0 N–H and O–H groups in total. The fraction of sp³-hybridized carbons (Fsp3) is 0.722. The summed E-state index contributed by atoms with van der Waals surface area (Å²) < 4.78 is 2.02. The molecule has 2 aliphatic heterocycles. The normalized spacial score (nSPS) is 24.7. The number of carbonyl (C=O) groups excluding carboxylic acids is 2. The summed E-state index contributed by atoms with van der Waals surface area (Å²) in [6.07, 6.45) is 3.59. The number of carbonyl (C=O) groups is 2. The highest BCUT2D eigenvalue weighted by atomic mass is 16.2. The molecule has 0 spiro atoms. The Kier molecular flexibility index (Phi) is 4.92. The summed E-state index contributed by atoms with van der Waals surface area (Å²) in [7, 11) is 0. The summed E-state index contributed by atoms with van der Waals surface area (Å²) in [4.78, 5) is 28.8. The Hall–Kier alpha value is -1.85. The number of aryl methyl sites for hydroxylation is 2. The van der Waals surface area contributed by atoms with Gasteiger partial charge in [0.25, 0.3) is 0 Å². The van der Waals surface area contributed by atoms with Gasteiger partial charge in [0.1, 0.15) is 0 Å². The van der Waals surface area contributed by atoms with Gasteiger partial charge in [-0.1, -0.05) is 0 Å². The van der Waals surface area contributed by atoms with E-state index in [1.54, 1.807) is 4.90 Å². The first kappa shape index (κ1) is 17.0. The van der Waals surface area contributed by atoms with Crippen molar-refractivity contribution in [3.8, 4) is 0 Å². The Balaban J connectivity index is 1.71. The van der Waals surface area contributed by atoms with Crippen LogP contribution in [0.5, 0.6) is 0 Å². The first-order valence-electron chi connectivity index (χ1n) is 9.09. The minimum Gasteiger partial charge on any atom is -0.342 e. The largest absolute Gasteiger partial charge is 0.342 e. The molecular formula is C18H28N4O2. The van der Waals surface area contributed by atoms with E-state index in [1.165, 1.54) is 0 Å². The van der Waals surface area contributed by atoms with Gasteiger partial charge in [-0.2, -0.15) is 5.10 Å². The average Bonchev–Trinajstić information content (AvgIpc) is 3.09. The molecule has 2 atom stereocenters. The summed E-state index contributed by atoms with van der Waals surface area (Å²) in [5.41, 5.74) is 2.15. The third-order valence-electron chi connectivity index (χ3n) is 5.34. The molecule has 0 radical (unpaired) electrons. The van der Waals surface area contributed by atoms with Crippen LogP contribution in [-0.2, 0) is 16.1 Å². The van der Waals surface area contributed by atoms with Crippen molar-refractivity contribution < 1.29 is 9.59 Å². The molecule has 2 aliphatic rings. The molecule has 3 heterocycles. The van der Waals surface area contributed by atoms with E-state index in [9.17, 15) is 9.59 Å². The van der Waals surface area contributed by atoms with Crippen LogP contribution in [0.3, 0.4) is 0 Å². The summed E-state index contributed by atoms with van der Waals surface area (Å²) in [5.74, 6) is 0.104. The topological polar surface area (TPSA) is 58.4 Å². The maximum Gasteiger partial charge on any atom is 0.228 e. The molecule has 6 nitrogen and oxygen atoms in total. The molecule has 24 heavy (non-hydrogen) atoms. The third kappa shape index (κ3) is 3.32. The Bertz CT molecular complexity index is 625. The molecule has 1 aromatic rings. The monoisotopic (exact) mass is 332 g/mol. The zero-order valence-electron chi connectivity index (χ0n) is 15.0. The zero-order valence-corrected chi connectivity index (χ0v) is 15.0. The van der Waals surface area contributed by atoms with E-state index in [4.69, 9.17) is 0 Å². The summed E-state index contributed by atoms with van der Waals surface area (Å²) in [6.45, 7) is 8.86. The van der Waals surface area contributed by atoms with Crippen molar-refractivity contribution in [1.82, 2.24) is 19.6 Å². The first-order chi connectivity index (χ1) is 11.5. The minimum absolute atomic E-state index is 0.114. The number of aromatic nitrogens is 2. The second-order valence-electron chi connectivity index (χ2n) is 7.12. The molecule has 0 unspecified atom stereocenters. The van der Waals surface area contributed by atoms with Crippen LogP contribution in [0.1, 0.15) is 44.0 Å². The number of likely N-dealkylation sites (tertiary alicyclic amines) is 2. The lowest BCUT2D eigenvalue weighted by Crippen LogP contribution is -2.48. The lowest BCUT2D eigenvalue weighted by atomic mass is 9.98. The molecule has 0 aliphatic carbocycles. The molecule has 1 aromatic heterocycles. The van der Waals surface area contributed by atoms with Crippen LogP contribution >= 0.6 is 0 Å². The molecule has 2 fully saturated rings. The van der Waals surface area contributed by atoms with E-state index in [-0.39, 0.29) is 23.8 Å². The standard InChI is InChI=1S/C18H28N4O2/c1-4-20-11-15(10-17(20)23)18(24)21-8-6-5-7-16(21)12-22-14(3)9-13(2)19-22/h9,15-16H,4-8,10-12H2,1-3H3/t15-,16+/m0/s1. The second kappa shape index (κ2) is 6.95. The second-order valence-corrected chi connectivity index (χ2v) is 7.12. The van der Waals surface area contributed by atoms with E-state index in [1.807, 2.05) is 23.4 Å². The Morgan fingerprint density at radius 3 is 2.75 bits per heavy atom. The van der Waals surface area contributed by atoms with Crippen LogP contribution in [-0.4, -0.2) is 57.1 Å². The van der Waals surface area contributed by atoms with Gasteiger partial charge in [-0.3, -0.25) is 14.3 Å². The third-order valence-corrected chi connectivity index (χ3v) is 5.34. The van der Waals surface area contributed by atoms with Crippen LogP contribution in [0.15, 0.2) is 6.07 Å². The number of hydrogen-bond acceptors (Lipinski definition) is 3. The molecule has 3 rings (SSSR count). The predicted molar refractivity (Wildman–Crippen MR) is 91.4 cm³/mol. The Morgan fingerprint density at radius 1 is 1.33 bits per heavy atom. The number of rotatable bonds is 4. The minimum atomic E-state index is -0.168. The SMILES string of the molecule is CCN1C[C@@H](C(=O)N2CCCC[C@@H]2Cn2nc(C)cc2C)CC1=O. The molecule has 2 saturated heterocycles. The molecule has 0 aromatic carbocycles. The van der Waals surface area contributed by atoms with Crippen LogP contribution in [0.25, 0.3) is 0 Å². The van der Waals surface area contributed by atoms with Gasteiger partial charge in [-0.15, -0.1) is 0 Å². The van der Waals surface area contributed by atoms with Crippen LogP contribution < -0.4 is 0 Å². The average molecular weight is 332 g/mol. The van der Waals surface area contributed by atoms with E-state index >= 15 is 0 Å². The van der Waals surface area contributed by atoms with Gasteiger partial charge in [-0.05, 0) is 46.1 Å². The van der Waals surface area contributed by atoms with Gasteiger partial charge in [0.15, 0.2) is 0 Å². The molecule has 2 amide bonds. The van der Waals surface area contributed by atoms with Crippen molar-refractivity contribution in [2.75, 3.05) is 19.6 Å². The first-order valence-corrected chi connectivity index (χ1v) is 9.09. The van der Waals surface area contributed by atoms with Crippen molar-refractivity contribution in [2.24, 2.45) is 5.92 Å². The summed E-state index contributed by atoms with van der Waals surface area (Å²) in [6, 6.07) is 2.26. The van der Waals surface area contributed by atoms with Crippen LogP contribution in [0.2, 0.25) is 0 Å². The smallest absolute Gasteiger partial charge is 0.228 e. The predicted octanol–water partition coefficient (Wildman–Crippen LogP) is 1.75. The van der Waals surface area contributed by atoms with Crippen molar-refractivity contribution in [3.05, 3.63) is 17.5 Å². The van der Waals surface area contributed by atoms with E-state index < -0.39 is 0 Å². The van der Waals surface area contributed by atoms with E-state index in [2.05, 4.69) is 18.1 Å². The summed E-state index contributed by atoms with van der Waals surface area (Å²) >= 11 is 0. The molecule has 6 heteroatoms. The highest BCUT2D eigenvalue weighted by Crippen LogP contribution is 2.26. The highest BCUT2D eigenvalue weighted by Gasteiger charge is 2.38. The lowest BCUT2D eigenvalue weighted by molar-refractivity contribution is -0.139. The summed E-state index contributed by atoms with van der Waals surface area (Å²) in [5, 5.41) is 4.55. The fourth-order valence-corrected chi connectivity index (χ4v) is 4.02. The Morgan fingerprint density at radius 2 is 2.12 bits per heavy atom. The maximum atomic E-state index is 13.0. The van der Waals surface area contributed by atoms with E-state index in [0.29, 0.717) is 19.5 Å². The number of hydrogen-bond donors (Lipinski definition) is 0. The van der Waals surface area contributed by atoms with Crippen molar-refractivity contribution >= 4 is 11.8 Å². The van der Waals surface area contributed by atoms with Crippen molar-refractivity contribution in [2.45, 2.75) is 59.0 Å². The maximum absolute atomic E-state index is 13.0. The fourth-order valence-electron chi connectivity index (χ4n) is 4.02. The molecule has 0 bridgehead atoms. The zero-order chi connectivity index (χ0) is 17.3. The van der Waals surface area contributed by atoms with Crippen molar-refractivity contribution in [1.29, 1.82) is 0 Å². The van der Waals surface area contributed by atoms with Gasteiger partial charge in [0.2, 0.25) is 11.8 Å².